The van der Waals surface area contributed by atoms with Crippen molar-refractivity contribution in [2.24, 2.45) is 0 Å². The van der Waals surface area contributed by atoms with Gasteiger partial charge < -0.3 is 9.11 Å². The molecule has 0 fully saturated rings. The smallest absolute Gasteiger partial charge is 0.759 e. The zero-order valence-electron chi connectivity index (χ0n) is 4.04. The van der Waals surface area contributed by atoms with Gasteiger partial charge in [0.15, 0.2) is 0 Å². The van der Waals surface area contributed by atoms with Crippen molar-refractivity contribution >= 4 is 10.4 Å². The Bertz CT molecular complexity index is 94.9. The predicted molar refractivity (Wildman–Crippen MR) is 10.5 cm³/mol. The van der Waals surface area contributed by atoms with Gasteiger partial charge in [0, 0.05) is 10.4 Å². The topological polar surface area (TPSA) is 80.3 Å². The summed E-state index contributed by atoms with van der Waals surface area (Å²) in [4.78, 5) is 0. The van der Waals surface area contributed by atoms with Crippen molar-refractivity contribution in [2.45, 2.75) is 0 Å². The van der Waals surface area contributed by atoms with Gasteiger partial charge in [-0.2, -0.15) is 0 Å². The molecule has 0 aliphatic rings. The van der Waals surface area contributed by atoms with Crippen molar-refractivity contribution < 1.29 is 138 Å². The first-order chi connectivity index (χ1) is 2.00. The van der Waals surface area contributed by atoms with Crippen LogP contribution in [0.5, 0.6) is 0 Å². The van der Waals surface area contributed by atoms with Gasteiger partial charge in [0.05, 0.1) is 0 Å². The molecule has 0 saturated carbocycles. The molecule has 0 aromatic heterocycles. The van der Waals surface area contributed by atoms with Crippen LogP contribution >= 0.6 is 0 Å². The third-order valence-corrected chi connectivity index (χ3v) is 0. The van der Waals surface area contributed by atoms with E-state index in [0.29, 0.717) is 0 Å². The van der Waals surface area contributed by atoms with E-state index in [0.717, 1.165) is 0 Å². The van der Waals surface area contributed by atoms with Crippen molar-refractivity contribution in [2.75, 3.05) is 0 Å². The molecular weight excluding hydrogens is 268 g/mol. The summed E-state index contributed by atoms with van der Waals surface area (Å²) in [6.45, 7) is 0. The average molecular weight is 268 g/mol. The second-order valence-corrected chi connectivity index (χ2v) is 1.22. The van der Waals surface area contributed by atoms with Crippen LogP contribution in [-0.2, 0) is 10.4 Å². The summed E-state index contributed by atoms with van der Waals surface area (Å²) < 4.78 is 34.1. The van der Waals surface area contributed by atoms with Crippen molar-refractivity contribution in [3.05, 3.63) is 0 Å². The second-order valence-electron chi connectivity index (χ2n) is 0.408. The van der Waals surface area contributed by atoms with Crippen LogP contribution in [0.25, 0.3) is 0 Å². The standard InChI is InChI=1S/Cs.K.H2O4S/c;;1-5(2,3)4/h;;(H2,1,2,3,4)/q2*+1;/p-2. The van der Waals surface area contributed by atoms with Gasteiger partial charge in [-0.1, -0.05) is 0 Å². The summed E-state index contributed by atoms with van der Waals surface area (Å²) in [5.74, 6) is 0. The molecule has 0 N–H and O–H groups in total. The van der Waals surface area contributed by atoms with Crippen LogP contribution in [-0.4, -0.2) is 17.5 Å². The first-order valence-corrected chi connectivity index (χ1v) is 2.00. The van der Waals surface area contributed by atoms with Crippen LogP contribution < -0.4 is 120 Å². The van der Waals surface area contributed by atoms with Gasteiger partial charge in [-0.25, -0.2) is 0 Å². The third kappa shape index (κ3) is 43.1. The Labute approximate surface area is 143 Å². The number of rotatable bonds is 0. The zero-order chi connectivity index (χ0) is 4.50. The van der Waals surface area contributed by atoms with Gasteiger partial charge >= 0.3 is 120 Å². The van der Waals surface area contributed by atoms with E-state index in [1.165, 1.54) is 0 Å². The molecule has 7 heteroatoms. The minimum Gasteiger partial charge on any atom is -0.759 e. The number of hydrogen-bond acceptors (Lipinski definition) is 4. The molecule has 0 aliphatic heterocycles. The van der Waals surface area contributed by atoms with Gasteiger partial charge in [-0.15, -0.1) is 0 Å². The molecule has 7 heavy (non-hydrogen) atoms. The van der Waals surface area contributed by atoms with Gasteiger partial charge in [0.1, 0.15) is 0 Å². The normalized spacial score (nSPS) is 8.29. The van der Waals surface area contributed by atoms with Gasteiger partial charge in [-0.3, -0.25) is 8.42 Å². The Morgan fingerprint density at radius 3 is 1.14 bits per heavy atom. The molecule has 0 bridgehead atoms. The van der Waals surface area contributed by atoms with E-state index in [1.54, 1.807) is 0 Å². The monoisotopic (exact) mass is 268 g/mol. The summed E-state index contributed by atoms with van der Waals surface area (Å²) >= 11 is 0. The van der Waals surface area contributed by atoms with Crippen molar-refractivity contribution in [3.63, 3.8) is 0 Å². The molecule has 0 aliphatic carbocycles. The van der Waals surface area contributed by atoms with Gasteiger partial charge in [0.2, 0.25) is 0 Å². The molecular formula is CsKO4S. The Balaban J connectivity index is -0.0000000800. The van der Waals surface area contributed by atoms with Crippen LogP contribution in [0.2, 0.25) is 0 Å². The average Bonchev–Trinajstić information content (AvgIpc) is 0.722. The molecule has 0 saturated heterocycles. The molecule has 0 atom stereocenters. The quantitative estimate of drug-likeness (QED) is 0.248. The van der Waals surface area contributed by atoms with E-state index in [9.17, 15) is 0 Å². The van der Waals surface area contributed by atoms with E-state index < -0.39 is 10.4 Å². The molecule has 0 amide bonds. The fourth-order valence-corrected chi connectivity index (χ4v) is 0. The molecule has 0 rings (SSSR count). The Morgan fingerprint density at radius 2 is 1.14 bits per heavy atom. The SMILES string of the molecule is O=S(=O)([O-])[O-].[Cs+].[K+]. The fourth-order valence-electron chi connectivity index (χ4n) is 0. The van der Waals surface area contributed by atoms with Crippen molar-refractivity contribution in [1.82, 2.24) is 0 Å². The van der Waals surface area contributed by atoms with Gasteiger partial charge in [0.25, 0.3) is 0 Å². The Kier molecular flexibility index (Phi) is 18.5. The maximum absolute atomic E-state index is 8.52. The fraction of sp³-hybridized carbons (Fsp3) is 0. The minimum atomic E-state index is -5.17. The van der Waals surface area contributed by atoms with Crippen molar-refractivity contribution in [3.8, 4) is 0 Å². The maximum Gasteiger partial charge on any atom is 1.00 e. The van der Waals surface area contributed by atoms with E-state index in [2.05, 4.69) is 0 Å². The Hall–Kier alpha value is 3.56. The van der Waals surface area contributed by atoms with Crippen LogP contribution in [0.15, 0.2) is 0 Å². The number of hydrogen-bond donors (Lipinski definition) is 0. The van der Waals surface area contributed by atoms with Crippen LogP contribution in [0, 0.1) is 0 Å². The zero-order valence-corrected chi connectivity index (χ0v) is 14.3. The van der Waals surface area contributed by atoms with Crippen LogP contribution in [0.4, 0.5) is 0 Å². The summed E-state index contributed by atoms with van der Waals surface area (Å²) in [6, 6.07) is 0. The predicted octanol–water partition coefficient (Wildman–Crippen LogP) is -7.33. The van der Waals surface area contributed by atoms with Crippen LogP contribution in [0.1, 0.15) is 0 Å². The Morgan fingerprint density at radius 1 is 1.14 bits per heavy atom. The van der Waals surface area contributed by atoms with Gasteiger partial charge in [-0.05, 0) is 0 Å². The third-order valence-electron chi connectivity index (χ3n) is 0. The van der Waals surface area contributed by atoms with E-state index in [1.807, 2.05) is 0 Å². The molecule has 0 heterocycles. The first kappa shape index (κ1) is 16.9. The maximum atomic E-state index is 8.52. The molecule has 0 spiro atoms. The van der Waals surface area contributed by atoms with Crippen molar-refractivity contribution in [1.29, 1.82) is 0 Å². The second kappa shape index (κ2) is 7.66. The van der Waals surface area contributed by atoms with E-state index in [-0.39, 0.29) is 120 Å². The molecule has 32 valence electrons. The molecule has 0 unspecified atom stereocenters. The first-order valence-electron chi connectivity index (χ1n) is 0.667. The van der Waals surface area contributed by atoms with E-state index >= 15 is 0 Å². The minimum absolute atomic E-state index is 0. The summed E-state index contributed by atoms with van der Waals surface area (Å²) in [7, 11) is -5.17. The molecule has 0 aromatic rings. The molecule has 4 nitrogen and oxygen atoms in total. The summed E-state index contributed by atoms with van der Waals surface area (Å²) in [6.07, 6.45) is 0. The molecule has 0 aromatic carbocycles. The summed E-state index contributed by atoms with van der Waals surface area (Å²) in [5, 5.41) is 0. The van der Waals surface area contributed by atoms with Crippen LogP contribution in [0.3, 0.4) is 0 Å². The van der Waals surface area contributed by atoms with E-state index in [4.69, 9.17) is 17.5 Å². The molecule has 0 radical (unpaired) electrons. The largest absolute Gasteiger partial charge is 1.00 e. The summed E-state index contributed by atoms with van der Waals surface area (Å²) in [5.41, 5.74) is 0.